The standard InChI is InChI=1S/C14H14N6O2/c1-2-22-12(21)9-15-13-11-8-16-20(14(11)18-19-17-13)10-6-4-3-5-7-10/h3-8H,2,9H2,1H3,(H,15,17,18). The number of esters is 1. The first-order chi connectivity index (χ1) is 10.8. The lowest BCUT2D eigenvalue weighted by molar-refractivity contribution is -0.140. The molecule has 0 bridgehead atoms. The second-order valence-electron chi connectivity index (χ2n) is 4.43. The van der Waals surface area contributed by atoms with E-state index in [2.05, 4.69) is 25.8 Å². The van der Waals surface area contributed by atoms with Crippen LogP contribution >= 0.6 is 0 Å². The van der Waals surface area contributed by atoms with Crippen molar-refractivity contribution in [2.45, 2.75) is 6.92 Å². The molecule has 0 spiro atoms. The van der Waals surface area contributed by atoms with Crippen molar-refractivity contribution in [2.24, 2.45) is 0 Å². The molecule has 0 fully saturated rings. The highest BCUT2D eigenvalue weighted by molar-refractivity contribution is 5.88. The van der Waals surface area contributed by atoms with Gasteiger partial charge in [0.2, 0.25) is 0 Å². The summed E-state index contributed by atoms with van der Waals surface area (Å²) in [6.45, 7) is 2.11. The topological polar surface area (TPSA) is 94.8 Å². The number of nitrogens with one attached hydrogen (secondary N) is 1. The predicted molar refractivity (Wildman–Crippen MR) is 79.6 cm³/mol. The van der Waals surface area contributed by atoms with E-state index in [1.807, 2.05) is 30.3 Å². The number of carbonyl (C=O) groups excluding carboxylic acids is 1. The first kappa shape index (κ1) is 13.9. The molecule has 112 valence electrons. The van der Waals surface area contributed by atoms with Crippen LogP contribution in [0.4, 0.5) is 5.82 Å². The molecule has 0 radical (unpaired) electrons. The third kappa shape index (κ3) is 2.71. The van der Waals surface area contributed by atoms with Crippen molar-refractivity contribution < 1.29 is 9.53 Å². The van der Waals surface area contributed by atoms with Crippen LogP contribution in [0, 0.1) is 0 Å². The van der Waals surface area contributed by atoms with E-state index in [0.717, 1.165) is 5.69 Å². The van der Waals surface area contributed by atoms with Crippen molar-refractivity contribution in [1.29, 1.82) is 0 Å². The number of benzene rings is 1. The summed E-state index contributed by atoms with van der Waals surface area (Å²) >= 11 is 0. The first-order valence-electron chi connectivity index (χ1n) is 6.81. The molecular formula is C14H14N6O2. The van der Waals surface area contributed by atoms with Crippen LogP contribution in [0.15, 0.2) is 36.5 Å². The molecule has 2 heterocycles. The number of aromatic nitrogens is 5. The minimum atomic E-state index is -0.357. The van der Waals surface area contributed by atoms with Gasteiger partial charge in [-0.3, -0.25) is 4.79 Å². The van der Waals surface area contributed by atoms with E-state index in [4.69, 9.17) is 4.74 Å². The number of rotatable bonds is 5. The molecule has 22 heavy (non-hydrogen) atoms. The lowest BCUT2D eigenvalue weighted by Crippen LogP contribution is -2.17. The summed E-state index contributed by atoms with van der Waals surface area (Å²) in [4.78, 5) is 11.4. The predicted octanol–water partition coefficient (Wildman–Crippen LogP) is 1.19. The minimum Gasteiger partial charge on any atom is -0.465 e. The lowest BCUT2D eigenvalue weighted by Gasteiger charge is -2.05. The average molecular weight is 298 g/mol. The maximum atomic E-state index is 11.4. The van der Waals surface area contributed by atoms with Crippen molar-refractivity contribution in [3.05, 3.63) is 36.5 Å². The molecule has 8 nitrogen and oxygen atoms in total. The molecule has 3 rings (SSSR count). The number of anilines is 1. The Morgan fingerprint density at radius 3 is 2.86 bits per heavy atom. The molecule has 0 amide bonds. The van der Waals surface area contributed by atoms with Gasteiger partial charge in [-0.25, -0.2) is 4.68 Å². The second kappa shape index (κ2) is 6.17. The van der Waals surface area contributed by atoms with Gasteiger partial charge in [0, 0.05) is 0 Å². The lowest BCUT2D eigenvalue weighted by atomic mass is 10.3. The van der Waals surface area contributed by atoms with Gasteiger partial charge in [-0.1, -0.05) is 18.2 Å². The van der Waals surface area contributed by atoms with Gasteiger partial charge in [-0.2, -0.15) is 5.10 Å². The fourth-order valence-electron chi connectivity index (χ4n) is 2.03. The maximum Gasteiger partial charge on any atom is 0.325 e. The van der Waals surface area contributed by atoms with E-state index >= 15 is 0 Å². The zero-order valence-corrected chi connectivity index (χ0v) is 11.9. The van der Waals surface area contributed by atoms with Crippen LogP contribution in [-0.4, -0.2) is 44.3 Å². The van der Waals surface area contributed by atoms with Gasteiger partial charge in [0.1, 0.15) is 6.54 Å². The van der Waals surface area contributed by atoms with Crippen molar-refractivity contribution in [3.63, 3.8) is 0 Å². The number of hydrogen-bond acceptors (Lipinski definition) is 7. The van der Waals surface area contributed by atoms with E-state index in [1.165, 1.54) is 0 Å². The Hall–Kier alpha value is -3.03. The molecule has 8 heteroatoms. The summed E-state index contributed by atoms with van der Waals surface area (Å²) in [5.74, 6) is 0.0879. The number of carbonyl (C=O) groups is 1. The van der Waals surface area contributed by atoms with Crippen molar-refractivity contribution in [2.75, 3.05) is 18.5 Å². The third-order valence-corrected chi connectivity index (χ3v) is 2.99. The van der Waals surface area contributed by atoms with Gasteiger partial charge < -0.3 is 10.1 Å². The molecule has 0 aliphatic rings. The number of nitrogens with zero attached hydrogens (tertiary/aromatic N) is 5. The normalized spacial score (nSPS) is 10.6. The molecule has 0 aliphatic carbocycles. The summed E-state index contributed by atoms with van der Waals surface area (Å²) in [6, 6.07) is 9.59. The molecule has 0 saturated heterocycles. The SMILES string of the molecule is CCOC(=O)CNc1nnnc2c1cnn2-c1ccccc1. The summed E-state index contributed by atoms with van der Waals surface area (Å²) in [5.41, 5.74) is 1.43. The molecule has 0 atom stereocenters. The van der Waals surface area contributed by atoms with Gasteiger partial charge in [0.05, 0.1) is 23.9 Å². The van der Waals surface area contributed by atoms with Crippen LogP contribution in [0.25, 0.3) is 16.7 Å². The summed E-state index contributed by atoms with van der Waals surface area (Å²) in [6.07, 6.45) is 1.64. The van der Waals surface area contributed by atoms with Gasteiger partial charge in [0.15, 0.2) is 11.5 Å². The summed E-state index contributed by atoms with van der Waals surface area (Å²) < 4.78 is 6.53. The van der Waals surface area contributed by atoms with Crippen LogP contribution in [-0.2, 0) is 9.53 Å². The molecule has 0 aliphatic heterocycles. The van der Waals surface area contributed by atoms with Crippen LogP contribution in [0.1, 0.15) is 6.92 Å². The van der Waals surface area contributed by atoms with E-state index < -0.39 is 0 Å². The van der Waals surface area contributed by atoms with Gasteiger partial charge in [-0.15, -0.1) is 10.2 Å². The first-order valence-corrected chi connectivity index (χ1v) is 6.81. The van der Waals surface area contributed by atoms with Crippen molar-refractivity contribution in [1.82, 2.24) is 25.2 Å². The third-order valence-electron chi connectivity index (χ3n) is 2.99. The quantitative estimate of drug-likeness (QED) is 0.707. The van der Waals surface area contributed by atoms with E-state index in [9.17, 15) is 4.79 Å². The molecule has 0 unspecified atom stereocenters. The van der Waals surface area contributed by atoms with Crippen LogP contribution in [0.3, 0.4) is 0 Å². The smallest absolute Gasteiger partial charge is 0.325 e. The highest BCUT2D eigenvalue weighted by Crippen LogP contribution is 2.20. The number of fused-ring (bicyclic) bond motifs is 1. The fourth-order valence-corrected chi connectivity index (χ4v) is 2.03. The van der Waals surface area contributed by atoms with Crippen LogP contribution in [0.2, 0.25) is 0 Å². The van der Waals surface area contributed by atoms with Gasteiger partial charge in [-0.05, 0) is 24.3 Å². The number of ether oxygens (including phenoxy) is 1. The molecule has 2 aromatic heterocycles. The zero-order valence-electron chi connectivity index (χ0n) is 11.9. The van der Waals surface area contributed by atoms with Crippen molar-refractivity contribution in [3.8, 4) is 5.69 Å². The van der Waals surface area contributed by atoms with E-state index in [-0.39, 0.29) is 12.5 Å². The Balaban J connectivity index is 1.91. The zero-order chi connectivity index (χ0) is 15.4. The Bertz CT molecular complexity index is 786. The fraction of sp³-hybridized carbons (Fsp3) is 0.214. The highest BCUT2D eigenvalue weighted by Gasteiger charge is 2.13. The largest absolute Gasteiger partial charge is 0.465 e. The van der Waals surface area contributed by atoms with Crippen LogP contribution in [0.5, 0.6) is 0 Å². The summed E-state index contributed by atoms with van der Waals surface area (Å²) in [5, 5.41) is 19.5. The molecule has 1 N–H and O–H groups in total. The molecule has 1 aromatic carbocycles. The second-order valence-corrected chi connectivity index (χ2v) is 4.43. The van der Waals surface area contributed by atoms with E-state index in [0.29, 0.717) is 23.5 Å². The van der Waals surface area contributed by atoms with Gasteiger partial charge >= 0.3 is 5.97 Å². The Morgan fingerprint density at radius 1 is 1.27 bits per heavy atom. The maximum absolute atomic E-state index is 11.4. The number of para-hydroxylation sites is 1. The van der Waals surface area contributed by atoms with Crippen molar-refractivity contribution >= 4 is 22.8 Å². The Kier molecular flexibility index (Phi) is 3.90. The number of hydrogen-bond donors (Lipinski definition) is 1. The Labute approximate surface area is 126 Å². The van der Waals surface area contributed by atoms with E-state index in [1.54, 1.807) is 17.8 Å². The van der Waals surface area contributed by atoms with Gasteiger partial charge in [0.25, 0.3) is 0 Å². The molecule has 3 aromatic rings. The monoisotopic (exact) mass is 298 g/mol. The molecular weight excluding hydrogens is 284 g/mol. The minimum absolute atomic E-state index is 0.0121. The average Bonchev–Trinajstić information content (AvgIpc) is 2.98. The summed E-state index contributed by atoms with van der Waals surface area (Å²) in [7, 11) is 0. The Morgan fingerprint density at radius 2 is 2.09 bits per heavy atom. The van der Waals surface area contributed by atoms with Crippen LogP contribution < -0.4 is 5.32 Å². The highest BCUT2D eigenvalue weighted by atomic mass is 16.5. The molecule has 0 saturated carbocycles.